The normalized spacial score (nSPS) is 18.8. The van der Waals surface area contributed by atoms with Gasteiger partial charge in [0.1, 0.15) is 23.9 Å². The first kappa shape index (κ1) is 28.0. The molecular weight excluding hydrogens is 476 g/mol. The molecule has 1 aromatic carbocycles. The standard InChI is InChI=1S/C27H38N4O6/c1-8-36-17-9-10-19-16(13-17)11-12-28-22(19)37-18-14-20(24(33)34)31(15-18)23(32)21(26(2,3)4)29-25(35)30-27(5,6)7/h9-13,18,20-21H,8,14-15H2,1-7H3,(H,33,34)(H2,29,30,35)/t18-,20?,21-/m1/s1. The molecule has 2 heterocycles. The van der Waals surface area contributed by atoms with Crippen molar-refractivity contribution in [2.24, 2.45) is 5.41 Å². The number of hydrogen-bond donors (Lipinski definition) is 3. The summed E-state index contributed by atoms with van der Waals surface area (Å²) < 4.78 is 11.7. The number of fused-ring (bicyclic) bond motifs is 1. The highest BCUT2D eigenvalue weighted by molar-refractivity contribution is 5.91. The molecule has 1 aliphatic rings. The van der Waals surface area contributed by atoms with E-state index in [4.69, 9.17) is 9.47 Å². The van der Waals surface area contributed by atoms with Crippen LogP contribution in [0.25, 0.3) is 10.8 Å². The summed E-state index contributed by atoms with van der Waals surface area (Å²) >= 11 is 0. The van der Waals surface area contributed by atoms with Crippen molar-refractivity contribution in [3.8, 4) is 11.6 Å². The van der Waals surface area contributed by atoms with Gasteiger partial charge in [-0.25, -0.2) is 14.6 Å². The van der Waals surface area contributed by atoms with Gasteiger partial charge in [-0.1, -0.05) is 20.8 Å². The number of carbonyl (C=O) groups is 3. The molecule has 1 aromatic heterocycles. The van der Waals surface area contributed by atoms with Crippen molar-refractivity contribution >= 4 is 28.7 Å². The Balaban J connectivity index is 1.82. The quantitative estimate of drug-likeness (QED) is 0.515. The van der Waals surface area contributed by atoms with Gasteiger partial charge < -0.3 is 30.1 Å². The number of likely N-dealkylation sites (tertiary alicyclic amines) is 1. The van der Waals surface area contributed by atoms with Crippen molar-refractivity contribution in [1.82, 2.24) is 20.5 Å². The van der Waals surface area contributed by atoms with Crippen LogP contribution in [0.5, 0.6) is 11.6 Å². The molecule has 3 amide bonds. The van der Waals surface area contributed by atoms with Crippen LogP contribution in [0.1, 0.15) is 54.9 Å². The highest BCUT2D eigenvalue weighted by atomic mass is 16.5. The molecule has 1 aliphatic heterocycles. The summed E-state index contributed by atoms with van der Waals surface area (Å²) in [6.07, 6.45) is 1.13. The van der Waals surface area contributed by atoms with Gasteiger partial charge in [-0.05, 0) is 62.8 Å². The summed E-state index contributed by atoms with van der Waals surface area (Å²) in [5.41, 5.74) is -1.16. The lowest BCUT2D eigenvalue weighted by Crippen LogP contribution is -2.60. The van der Waals surface area contributed by atoms with Crippen molar-refractivity contribution in [1.29, 1.82) is 0 Å². The number of nitrogens with zero attached hydrogens (tertiary/aromatic N) is 2. The Kier molecular flexibility index (Phi) is 8.19. The summed E-state index contributed by atoms with van der Waals surface area (Å²) in [6.45, 7) is 13.5. The second-order valence-corrected chi connectivity index (χ2v) is 11.4. The number of ether oxygens (including phenoxy) is 2. The van der Waals surface area contributed by atoms with E-state index in [0.717, 1.165) is 16.5 Å². The van der Waals surface area contributed by atoms with Crippen LogP contribution in [0.2, 0.25) is 0 Å². The molecule has 3 N–H and O–H groups in total. The monoisotopic (exact) mass is 514 g/mol. The highest BCUT2D eigenvalue weighted by Crippen LogP contribution is 2.31. The first-order chi connectivity index (χ1) is 17.2. The van der Waals surface area contributed by atoms with Crippen LogP contribution in [-0.2, 0) is 9.59 Å². The number of aliphatic carboxylic acids is 1. The van der Waals surface area contributed by atoms with E-state index in [-0.39, 0.29) is 13.0 Å². The zero-order valence-corrected chi connectivity index (χ0v) is 22.6. The van der Waals surface area contributed by atoms with Gasteiger partial charge in [-0.15, -0.1) is 0 Å². The maximum absolute atomic E-state index is 13.7. The molecule has 3 rings (SSSR count). The SMILES string of the molecule is CCOc1ccc2c(O[C@@H]3CC(C(=O)O)N(C(=O)[C@@H](NC(=O)NC(C)(C)C)C(C)(C)C)C3)nccc2c1. The molecule has 0 saturated carbocycles. The third-order valence-corrected chi connectivity index (χ3v) is 6.00. The maximum Gasteiger partial charge on any atom is 0.326 e. The van der Waals surface area contributed by atoms with Crippen LogP contribution in [0.4, 0.5) is 4.79 Å². The third-order valence-electron chi connectivity index (χ3n) is 6.00. The molecule has 10 heteroatoms. The molecular formula is C27H38N4O6. The predicted molar refractivity (Wildman–Crippen MR) is 140 cm³/mol. The minimum Gasteiger partial charge on any atom is -0.494 e. The van der Waals surface area contributed by atoms with E-state index in [9.17, 15) is 19.5 Å². The van der Waals surface area contributed by atoms with Crippen LogP contribution in [0.15, 0.2) is 30.5 Å². The van der Waals surface area contributed by atoms with Crippen LogP contribution in [0.3, 0.4) is 0 Å². The number of nitrogens with one attached hydrogen (secondary N) is 2. The fraction of sp³-hybridized carbons (Fsp3) is 0.556. The zero-order chi connectivity index (χ0) is 27.5. The Morgan fingerprint density at radius 3 is 2.46 bits per heavy atom. The molecule has 1 unspecified atom stereocenters. The lowest BCUT2D eigenvalue weighted by Gasteiger charge is -2.35. The maximum atomic E-state index is 13.7. The number of urea groups is 1. The fourth-order valence-corrected chi connectivity index (χ4v) is 4.32. The first-order valence-corrected chi connectivity index (χ1v) is 12.5. The molecule has 2 aromatic rings. The average Bonchev–Trinajstić information content (AvgIpc) is 3.20. The molecule has 1 fully saturated rings. The molecule has 0 aliphatic carbocycles. The molecule has 0 spiro atoms. The van der Waals surface area contributed by atoms with Gasteiger partial charge in [0.2, 0.25) is 11.8 Å². The second kappa shape index (κ2) is 10.8. The fourth-order valence-electron chi connectivity index (χ4n) is 4.32. The Hall–Kier alpha value is -3.56. The number of amides is 3. The van der Waals surface area contributed by atoms with E-state index in [0.29, 0.717) is 12.5 Å². The van der Waals surface area contributed by atoms with Crippen molar-refractivity contribution in [3.63, 3.8) is 0 Å². The van der Waals surface area contributed by atoms with E-state index in [2.05, 4.69) is 15.6 Å². The van der Waals surface area contributed by atoms with Crippen molar-refractivity contribution in [2.45, 2.75) is 78.6 Å². The summed E-state index contributed by atoms with van der Waals surface area (Å²) in [5, 5.41) is 17.1. The Bertz CT molecular complexity index is 1150. The third kappa shape index (κ3) is 7.02. The van der Waals surface area contributed by atoms with E-state index in [1.807, 2.05) is 72.7 Å². The van der Waals surface area contributed by atoms with E-state index in [1.165, 1.54) is 4.90 Å². The van der Waals surface area contributed by atoms with Crippen LogP contribution in [0, 0.1) is 5.41 Å². The summed E-state index contributed by atoms with van der Waals surface area (Å²) in [7, 11) is 0. The largest absolute Gasteiger partial charge is 0.494 e. The molecule has 1 saturated heterocycles. The van der Waals surface area contributed by atoms with Gasteiger partial charge in [0, 0.05) is 23.5 Å². The van der Waals surface area contributed by atoms with Crippen LogP contribution >= 0.6 is 0 Å². The van der Waals surface area contributed by atoms with Gasteiger partial charge in [-0.3, -0.25) is 4.79 Å². The van der Waals surface area contributed by atoms with Crippen molar-refractivity contribution < 1.29 is 29.0 Å². The van der Waals surface area contributed by atoms with Crippen LogP contribution in [-0.4, -0.2) is 69.8 Å². The van der Waals surface area contributed by atoms with Crippen molar-refractivity contribution in [3.05, 3.63) is 30.5 Å². The smallest absolute Gasteiger partial charge is 0.326 e. The molecule has 0 radical (unpaired) electrons. The second-order valence-electron chi connectivity index (χ2n) is 11.4. The number of benzene rings is 1. The van der Waals surface area contributed by atoms with Gasteiger partial charge in [-0.2, -0.15) is 0 Å². The molecule has 37 heavy (non-hydrogen) atoms. The number of pyridine rings is 1. The number of carboxylic acid groups (broad SMARTS) is 1. The predicted octanol–water partition coefficient (Wildman–Crippen LogP) is 3.58. The van der Waals surface area contributed by atoms with E-state index in [1.54, 1.807) is 6.20 Å². The van der Waals surface area contributed by atoms with E-state index < -0.39 is 47.0 Å². The van der Waals surface area contributed by atoms with Gasteiger partial charge in [0.15, 0.2) is 0 Å². The number of carbonyl (C=O) groups excluding carboxylic acids is 2. The Labute approximate surface area is 217 Å². The number of aromatic nitrogens is 1. The van der Waals surface area contributed by atoms with E-state index >= 15 is 0 Å². The van der Waals surface area contributed by atoms with Crippen molar-refractivity contribution in [2.75, 3.05) is 13.2 Å². The summed E-state index contributed by atoms with van der Waals surface area (Å²) in [6, 6.07) is 4.89. The topological polar surface area (TPSA) is 130 Å². The summed E-state index contributed by atoms with van der Waals surface area (Å²) in [5.74, 6) is -0.508. The lowest BCUT2D eigenvalue weighted by atomic mass is 9.85. The summed E-state index contributed by atoms with van der Waals surface area (Å²) in [4.78, 5) is 44.0. The lowest BCUT2D eigenvalue weighted by molar-refractivity contribution is -0.150. The average molecular weight is 515 g/mol. The number of rotatable bonds is 7. The minimum absolute atomic E-state index is 0.0556. The molecule has 3 atom stereocenters. The molecule has 0 bridgehead atoms. The Morgan fingerprint density at radius 1 is 1.16 bits per heavy atom. The molecule has 10 nitrogen and oxygen atoms in total. The zero-order valence-electron chi connectivity index (χ0n) is 22.6. The van der Waals surface area contributed by atoms with Gasteiger partial charge in [0.05, 0.1) is 13.2 Å². The van der Waals surface area contributed by atoms with Crippen LogP contribution < -0.4 is 20.1 Å². The van der Waals surface area contributed by atoms with Gasteiger partial charge >= 0.3 is 12.0 Å². The van der Waals surface area contributed by atoms with Gasteiger partial charge in [0.25, 0.3) is 0 Å². The highest BCUT2D eigenvalue weighted by Gasteiger charge is 2.46. The first-order valence-electron chi connectivity index (χ1n) is 12.5. The minimum atomic E-state index is -1.13. The molecule has 202 valence electrons. The Morgan fingerprint density at radius 2 is 1.86 bits per heavy atom. The number of carboxylic acids is 1. The number of hydrogen-bond acceptors (Lipinski definition) is 6.